The Morgan fingerprint density at radius 2 is 2.08 bits per heavy atom. The molecule has 3 rings (SSSR count). The van der Waals surface area contributed by atoms with Gasteiger partial charge >= 0.3 is 5.69 Å². The molecule has 26 heavy (non-hydrogen) atoms. The van der Waals surface area contributed by atoms with Crippen molar-refractivity contribution >= 4 is 34.9 Å². The summed E-state index contributed by atoms with van der Waals surface area (Å²) in [7, 11) is 1.50. The van der Waals surface area contributed by atoms with Crippen molar-refractivity contribution in [2.24, 2.45) is 12.1 Å². The molecule has 9 nitrogen and oxygen atoms in total. The lowest BCUT2D eigenvalue weighted by atomic mass is 10.2. The van der Waals surface area contributed by atoms with Gasteiger partial charge in [0.1, 0.15) is 0 Å². The lowest BCUT2D eigenvalue weighted by Crippen LogP contribution is -2.29. The van der Waals surface area contributed by atoms with Crippen LogP contribution in [0.25, 0.3) is 11.2 Å². The van der Waals surface area contributed by atoms with Crippen LogP contribution in [0.15, 0.2) is 39.0 Å². The Hall–Kier alpha value is -2.91. The first kappa shape index (κ1) is 17.9. The van der Waals surface area contributed by atoms with Crippen molar-refractivity contribution in [3.63, 3.8) is 0 Å². The minimum absolute atomic E-state index is 0.108. The molecule has 0 aliphatic rings. The number of anilines is 1. The van der Waals surface area contributed by atoms with E-state index in [2.05, 4.69) is 20.5 Å². The number of nitrogens with one attached hydrogen (secondary N) is 2. The number of rotatable bonds is 5. The Bertz CT molecular complexity index is 1080. The zero-order valence-corrected chi connectivity index (χ0v) is 14.9. The number of aryl methyl sites for hydroxylation is 1. The maximum absolute atomic E-state index is 12.2. The maximum Gasteiger partial charge on any atom is 0.329 e. The predicted molar refractivity (Wildman–Crippen MR) is 99.9 cm³/mol. The van der Waals surface area contributed by atoms with Gasteiger partial charge in [-0.2, -0.15) is 10.1 Å². The molecule has 0 spiro atoms. The molecular formula is C16H17ClN6O3. The van der Waals surface area contributed by atoms with Crippen molar-refractivity contribution in [1.82, 2.24) is 19.1 Å². The molecule has 0 bridgehead atoms. The Morgan fingerprint density at radius 3 is 2.73 bits per heavy atom. The van der Waals surface area contributed by atoms with Crippen LogP contribution in [-0.2, 0) is 13.6 Å². The largest absolute Gasteiger partial charge is 0.392 e. The second kappa shape index (κ2) is 7.14. The third-order valence-corrected chi connectivity index (χ3v) is 3.95. The molecule has 1 aromatic carbocycles. The molecule has 0 amide bonds. The number of hydrogen-bond acceptors (Lipinski definition) is 6. The molecule has 3 aromatic rings. The molecule has 0 saturated carbocycles. The molecule has 2 heterocycles. The van der Waals surface area contributed by atoms with Gasteiger partial charge in [0.15, 0.2) is 11.2 Å². The number of hydrogen-bond donors (Lipinski definition) is 3. The number of aliphatic hydroxyl groups excluding tert-OH is 1. The molecule has 3 N–H and O–H groups in total. The number of benzene rings is 1. The molecule has 2 aromatic heterocycles. The molecule has 10 heteroatoms. The Labute approximate surface area is 152 Å². The van der Waals surface area contributed by atoms with E-state index in [-0.39, 0.29) is 23.7 Å². The van der Waals surface area contributed by atoms with E-state index < -0.39 is 17.4 Å². The fourth-order valence-electron chi connectivity index (χ4n) is 2.48. The van der Waals surface area contributed by atoms with Gasteiger partial charge in [-0.3, -0.25) is 14.3 Å². The standard InChI is InChI=1S/C16H17ClN6O3/c1-9(24)8-23-12-13(22(2)16(26)20-14(12)25)19-15(23)21-18-7-10-3-5-11(17)6-4-10/h3-7,9,24H,8H2,1-2H3,(H,19,21)(H,20,25,26)/b18-7-/t9-/m1/s1. The first-order valence-electron chi connectivity index (χ1n) is 7.79. The zero-order valence-electron chi connectivity index (χ0n) is 14.1. The number of aliphatic hydroxyl groups is 1. The predicted octanol–water partition coefficient (Wildman–Crippen LogP) is 0.904. The van der Waals surface area contributed by atoms with Gasteiger partial charge in [0.2, 0.25) is 5.95 Å². The molecule has 0 radical (unpaired) electrons. The van der Waals surface area contributed by atoms with Crippen LogP contribution in [-0.4, -0.2) is 36.5 Å². The topological polar surface area (TPSA) is 117 Å². The van der Waals surface area contributed by atoms with Crippen molar-refractivity contribution in [1.29, 1.82) is 0 Å². The van der Waals surface area contributed by atoms with Crippen LogP contribution in [0.5, 0.6) is 0 Å². The van der Waals surface area contributed by atoms with E-state index in [1.807, 2.05) is 0 Å². The molecular weight excluding hydrogens is 360 g/mol. The van der Waals surface area contributed by atoms with Gasteiger partial charge in [0.05, 0.1) is 18.9 Å². The van der Waals surface area contributed by atoms with Crippen LogP contribution in [0.4, 0.5) is 5.95 Å². The average molecular weight is 377 g/mol. The van der Waals surface area contributed by atoms with Crippen LogP contribution < -0.4 is 16.7 Å². The first-order chi connectivity index (χ1) is 12.4. The van der Waals surface area contributed by atoms with E-state index in [0.29, 0.717) is 5.02 Å². The minimum Gasteiger partial charge on any atom is -0.392 e. The summed E-state index contributed by atoms with van der Waals surface area (Å²) in [6, 6.07) is 7.06. The third-order valence-electron chi connectivity index (χ3n) is 3.70. The van der Waals surface area contributed by atoms with Crippen LogP contribution in [0.1, 0.15) is 12.5 Å². The number of nitrogens with zero attached hydrogens (tertiary/aromatic N) is 4. The van der Waals surface area contributed by atoms with Gasteiger partial charge in [-0.1, -0.05) is 23.7 Å². The number of halogens is 1. The SMILES string of the molecule is C[C@@H](O)Cn1c(N/N=C\c2ccc(Cl)cc2)nc2c1c(=O)[nH]c(=O)n2C. The van der Waals surface area contributed by atoms with E-state index in [1.54, 1.807) is 37.4 Å². The number of aromatic nitrogens is 4. The van der Waals surface area contributed by atoms with Gasteiger partial charge in [0.25, 0.3) is 5.56 Å². The second-order valence-electron chi connectivity index (χ2n) is 5.81. The number of H-pyrrole nitrogens is 1. The molecule has 0 saturated heterocycles. The fourth-order valence-corrected chi connectivity index (χ4v) is 2.60. The number of imidazole rings is 1. The smallest absolute Gasteiger partial charge is 0.329 e. The number of fused-ring (bicyclic) bond motifs is 1. The lowest BCUT2D eigenvalue weighted by Gasteiger charge is -2.09. The van der Waals surface area contributed by atoms with Crippen molar-refractivity contribution in [2.45, 2.75) is 19.6 Å². The summed E-state index contributed by atoms with van der Waals surface area (Å²) in [4.78, 5) is 30.5. The summed E-state index contributed by atoms with van der Waals surface area (Å²) in [5.74, 6) is 0.234. The van der Waals surface area contributed by atoms with Crippen molar-refractivity contribution < 1.29 is 5.11 Å². The fraction of sp³-hybridized carbons (Fsp3) is 0.250. The Balaban J connectivity index is 2.02. The molecule has 1 atom stereocenters. The number of aromatic amines is 1. The first-order valence-corrected chi connectivity index (χ1v) is 8.17. The summed E-state index contributed by atoms with van der Waals surface area (Å²) in [5.41, 5.74) is 2.79. The van der Waals surface area contributed by atoms with E-state index in [4.69, 9.17) is 11.6 Å². The third kappa shape index (κ3) is 3.53. The highest BCUT2D eigenvalue weighted by atomic mass is 35.5. The van der Waals surface area contributed by atoms with Gasteiger partial charge in [0, 0.05) is 12.1 Å². The summed E-state index contributed by atoms with van der Waals surface area (Å²) in [6.07, 6.45) is 0.830. The molecule has 0 unspecified atom stereocenters. The van der Waals surface area contributed by atoms with E-state index in [9.17, 15) is 14.7 Å². The monoisotopic (exact) mass is 376 g/mol. The summed E-state index contributed by atoms with van der Waals surface area (Å²) in [6.45, 7) is 1.69. The van der Waals surface area contributed by atoms with Crippen LogP contribution in [0.2, 0.25) is 5.02 Å². The van der Waals surface area contributed by atoms with Gasteiger partial charge in [-0.15, -0.1) is 0 Å². The van der Waals surface area contributed by atoms with Crippen molar-refractivity contribution in [2.75, 3.05) is 5.43 Å². The lowest BCUT2D eigenvalue weighted by molar-refractivity contribution is 0.175. The highest BCUT2D eigenvalue weighted by molar-refractivity contribution is 6.30. The summed E-state index contributed by atoms with van der Waals surface area (Å²) >= 11 is 5.84. The van der Waals surface area contributed by atoms with Gasteiger partial charge in [-0.05, 0) is 24.6 Å². The Kier molecular flexibility index (Phi) is 4.92. The van der Waals surface area contributed by atoms with Crippen molar-refractivity contribution in [3.8, 4) is 0 Å². The quantitative estimate of drug-likeness (QED) is 0.452. The highest BCUT2D eigenvalue weighted by Gasteiger charge is 2.18. The second-order valence-corrected chi connectivity index (χ2v) is 6.24. The molecule has 136 valence electrons. The van der Waals surface area contributed by atoms with E-state index in [1.165, 1.54) is 16.2 Å². The normalized spacial score (nSPS) is 12.8. The average Bonchev–Trinajstić information content (AvgIpc) is 2.93. The van der Waals surface area contributed by atoms with E-state index >= 15 is 0 Å². The minimum atomic E-state index is -0.732. The maximum atomic E-state index is 12.2. The highest BCUT2D eigenvalue weighted by Crippen LogP contribution is 2.16. The zero-order chi connectivity index (χ0) is 18.8. The van der Waals surface area contributed by atoms with Crippen molar-refractivity contribution in [3.05, 3.63) is 55.7 Å². The van der Waals surface area contributed by atoms with Crippen LogP contribution in [0.3, 0.4) is 0 Å². The molecule has 0 fully saturated rings. The number of hydrazone groups is 1. The van der Waals surface area contributed by atoms with Crippen LogP contribution in [0, 0.1) is 0 Å². The van der Waals surface area contributed by atoms with Gasteiger partial charge < -0.3 is 9.67 Å². The van der Waals surface area contributed by atoms with Crippen LogP contribution >= 0.6 is 11.6 Å². The summed E-state index contributed by atoms with van der Waals surface area (Å²) in [5, 5.41) is 14.5. The molecule has 0 aliphatic heterocycles. The summed E-state index contributed by atoms with van der Waals surface area (Å²) < 4.78 is 2.71. The Morgan fingerprint density at radius 1 is 1.38 bits per heavy atom. The van der Waals surface area contributed by atoms with Gasteiger partial charge in [-0.25, -0.2) is 10.2 Å². The van der Waals surface area contributed by atoms with E-state index in [0.717, 1.165) is 5.56 Å². The molecule has 0 aliphatic carbocycles.